The summed E-state index contributed by atoms with van der Waals surface area (Å²) in [6.07, 6.45) is 4.89. The average molecular weight is 310 g/mol. The fraction of sp³-hybridized carbons (Fsp3) is 0.500. The maximum Gasteiger partial charge on any atom is 0.419 e. The molecule has 1 aliphatic rings. The Morgan fingerprint density at radius 2 is 2.00 bits per heavy atom. The highest BCUT2D eigenvalue weighted by molar-refractivity contribution is 9.09. The van der Waals surface area contributed by atoms with Gasteiger partial charge >= 0.3 is 5.76 Å². The molecule has 2 aromatic rings. The molecule has 0 spiro atoms. The summed E-state index contributed by atoms with van der Waals surface area (Å²) in [7, 11) is 0. The lowest BCUT2D eigenvalue weighted by Gasteiger charge is -2.26. The lowest BCUT2D eigenvalue weighted by Crippen LogP contribution is -2.29. The molecular weight excluding hydrogens is 294 g/mol. The molecule has 0 bridgehead atoms. The predicted molar refractivity (Wildman–Crippen MR) is 75.2 cm³/mol. The number of benzene rings is 1. The van der Waals surface area contributed by atoms with E-state index in [9.17, 15) is 4.79 Å². The van der Waals surface area contributed by atoms with Crippen LogP contribution in [0.3, 0.4) is 0 Å². The van der Waals surface area contributed by atoms with Crippen molar-refractivity contribution in [1.82, 2.24) is 4.57 Å². The Labute approximate surface area is 114 Å². The van der Waals surface area contributed by atoms with Crippen molar-refractivity contribution >= 4 is 27.0 Å². The van der Waals surface area contributed by atoms with E-state index in [0.29, 0.717) is 5.58 Å². The van der Waals surface area contributed by atoms with Crippen molar-refractivity contribution in [3.8, 4) is 0 Å². The first-order valence-electron chi connectivity index (χ1n) is 6.38. The van der Waals surface area contributed by atoms with Gasteiger partial charge in [-0.3, -0.25) is 4.57 Å². The normalized spacial score (nSPS) is 18.5. The fourth-order valence-electron chi connectivity index (χ4n) is 2.96. The molecule has 0 unspecified atom stereocenters. The summed E-state index contributed by atoms with van der Waals surface area (Å²) in [6.45, 7) is 0.758. The predicted octanol–water partition coefficient (Wildman–Crippen LogP) is 3.55. The summed E-state index contributed by atoms with van der Waals surface area (Å²) >= 11 is 3.62. The molecule has 4 heteroatoms. The molecule has 0 saturated heterocycles. The van der Waals surface area contributed by atoms with Gasteiger partial charge in [-0.15, -0.1) is 0 Å². The van der Waals surface area contributed by atoms with E-state index >= 15 is 0 Å². The van der Waals surface area contributed by atoms with Crippen molar-refractivity contribution in [1.29, 1.82) is 0 Å². The number of fused-ring (bicyclic) bond motifs is 1. The van der Waals surface area contributed by atoms with E-state index in [1.165, 1.54) is 25.7 Å². The van der Waals surface area contributed by atoms with Crippen LogP contribution in [0.4, 0.5) is 0 Å². The van der Waals surface area contributed by atoms with Gasteiger partial charge in [0.2, 0.25) is 0 Å². The molecule has 0 aliphatic heterocycles. The molecule has 3 nitrogen and oxygen atoms in total. The number of hydrogen-bond donors (Lipinski definition) is 0. The van der Waals surface area contributed by atoms with Crippen LogP contribution in [0.15, 0.2) is 33.5 Å². The van der Waals surface area contributed by atoms with Crippen molar-refractivity contribution in [3.63, 3.8) is 0 Å². The quantitative estimate of drug-likeness (QED) is 0.813. The smallest absolute Gasteiger partial charge is 0.408 e. The Bertz CT molecular complexity index is 608. The van der Waals surface area contributed by atoms with Gasteiger partial charge in [0, 0.05) is 11.9 Å². The topological polar surface area (TPSA) is 35.1 Å². The van der Waals surface area contributed by atoms with E-state index in [1.54, 1.807) is 4.57 Å². The molecule has 0 N–H and O–H groups in total. The maximum absolute atomic E-state index is 12.0. The van der Waals surface area contributed by atoms with Crippen molar-refractivity contribution in [3.05, 3.63) is 34.8 Å². The molecule has 1 saturated carbocycles. The Morgan fingerprint density at radius 3 is 2.72 bits per heavy atom. The first-order chi connectivity index (χ1) is 8.74. The van der Waals surface area contributed by atoms with Crippen LogP contribution < -0.4 is 5.76 Å². The number of oxazole rings is 1. The zero-order valence-corrected chi connectivity index (χ0v) is 11.8. The maximum atomic E-state index is 12.0. The van der Waals surface area contributed by atoms with Gasteiger partial charge in [0.15, 0.2) is 5.58 Å². The molecule has 0 atom stereocenters. The summed E-state index contributed by atoms with van der Waals surface area (Å²) in [5.74, 6) is -0.233. The number of rotatable bonds is 3. The van der Waals surface area contributed by atoms with Crippen molar-refractivity contribution in [2.75, 3.05) is 5.33 Å². The van der Waals surface area contributed by atoms with Gasteiger partial charge < -0.3 is 4.42 Å². The first-order valence-corrected chi connectivity index (χ1v) is 7.51. The van der Waals surface area contributed by atoms with Gasteiger partial charge in [-0.2, -0.15) is 0 Å². The molecule has 1 aliphatic carbocycles. The number of para-hydroxylation sites is 2. The lowest BCUT2D eigenvalue weighted by atomic mass is 9.88. The third-order valence-electron chi connectivity index (χ3n) is 4.01. The van der Waals surface area contributed by atoms with Crippen molar-refractivity contribution < 1.29 is 4.42 Å². The Morgan fingerprint density at radius 1 is 1.28 bits per heavy atom. The minimum Gasteiger partial charge on any atom is -0.408 e. The van der Waals surface area contributed by atoms with Crippen LogP contribution in [0.1, 0.15) is 25.7 Å². The zero-order valence-electron chi connectivity index (χ0n) is 10.2. The largest absolute Gasteiger partial charge is 0.419 e. The minimum absolute atomic E-state index is 0.219. The number of hydrogen-bond acceptors (Lipinski definition) is 2. The van der Waals surface area contributed by atoms with Crippen LogP contribution in [-0.4, -0.2) is 9.90 Å². The molecule has 1 aromatic carbocycles. The summed E-state index contributed by atoms with van der Waals surface area (Å²) in [5.41, 5.74) is 1.82. The van der Waals surface area contributed by atoms with Gasteiger partial charge in [-0.25, -0.2) is 4.79 Å². The van der Waals surface area contributed by atoms with E-state index in [0.717, 1.165) is 17.4 Å². The Hall–Kier alpha value is -1.03. The monoisotopic (exact) mass is 309 g/mol. The van der Waals surface area contributed by atoms with Crippen LogP contribution in [0.2, 0.25) is 0 Å². The molecule has 1 fully saturated rings. The number of alkyl halides is 1. The molecule has 1 aromatic heterocycles. The summed E-state index contributed by atoms with van der Waals surface area (Å²) in [4.78, 5) is 12.0. The summed E-state index contributed by atoms with van der Waals surface area (Å²) in [6, 6.07) is 7.65. The van der Waals surface area contributed by atoms with Crippen LogP contribution >= 0.6 is 15.9 Å². The fourth-order valence-corrected chi connectivity index (χ4v) is 3.70. The standard InChI is InChI=1S/C14H16BrNO2/c15-9-14(7-3-4-8-14)10-16-11-5-1-2-6-12(11)18-13(16)17/h1-2,5-6H,3-4,7-10H2. The van der Waals surface area contributed by atoms with Gasteiger partial charge in [-0.05, 0) is 30.4 Å². The van der Waals surface area contributed by atoms with E-state index in [2.05, 4.69) is 15.9 Å². The molecule has 96 valence electrons. The van der Waals surface area contributed by atoms with Gasteiger partial charge in [0.05, 0.1) is 5.52 Å². The van der Waals surface area contributed by atoms with Gasteiger partial charge in [-0.1, -0.05) is 40.9 Å². The van der Waals surface area contributed by atoms with Crippen LogP contribution in [0, 0.1) is 5.41 Å². The van der Waals surface area contributed by atoms with Crippen LogP contribution in [0.25, 0.3) is 11.1 Å². The second kappa shape index (κ2) is 4.57. The zero-order chi connectivity index (χ0) is 12.6. The van der Waals surface area contributed by atoms with E-state index < -0.39 is 0 Å². The average Bonchev–Trinajstić information content (AvgIpc) is 2.97. The molecule has 1 heterocycles. The molecular formula is C14H16BrNO2. The summed E-state index contributed by atoms with van der Waals surface area (Å²) < 4.78 is 7.08. The van der Waals surface area contributed by atoms with Crippen LogP contribution in [-0.2, 0) is 6.54 Å². The molecule has 0 amide bonds. The van der Waals surface area contributed by atoms with Gasteiger partial charge in [0.1, 0.15) is 0 Å². The second-order valence-corrected chi connectivity index (χ2v) is 5.82. The summed E-state index contributed by atoms with van der Waals surface area (Å²) in [5, 5.41) is 0.950. The molecule has 18 heavy (non-hydrogen) atoms. The number of aromatic nitrogens is 1. The number of nitrogens with zero attached hydrogens (tertiary/aromatic N) is 1. The lowest BCUT2D eigenvalue weighted by molar-refractivity contribution is 0.284. The Balaban J connectivity index is 2.04. The third kappa shape index (κ3) is 1.92. The van der Waals surface area contributed by atoms with E-state index in [4.69, 9.17) is 4.42 Å². The molecule has 3 rings (SSSR count). The minimum atomic E-state index is -0.233. The number of halogens is 1. The first kappa shape index (κ1) is 12.0. The second-order valence-electron chi connectivity index (χ2n) is 5.26. The van der Waals surface area contributed by atoms with E-state index in [-0.39, 0.29) is 11.2 Å². The highest BCUT2D eigenvalue weighted by Crippen LogP contribution is 2.41. The highest BCUT2D eigenvalue weighted by Gasteiger charge is 2.34. The van der Waals surface area contributed by atoms with Crippen LogP contribution in [0.5, 0.6) is 0 Å². The SMILES string of the molecule is O=c1oc2ccccc2n1CC1(CBr)CCCC1. The Kier molecular flexibility index (Phi) is 3.06. The molecule has 0 radical (unpaired) electrons. The van der Waals surface area contributed by atoms with E-state index in [1.807, 2.05) is 24.3 Å². The van der Waals surface area contributed by atoms with Crippen molar-refractivity contribution in [2.24, 2.45) is 5.41 Å². The highest BCUT2D eigenvalue weighted by atomic mass is 79.9. The van der Waals surface area contributed by atoms with Gasteiger partial charge in [0.25, 0.3) is 0 Å². The van der Waals surface area contributed by atoms with Crippen molar-refractivity contribution in [2.45, 2.75) is 32.2 Å². The third-order valence-corrected chi connectivity index (χ3v) is 5.20.